The first-order valence-electron chi connectivity index (χ1n) is 7.94. The van der Waals surface area contributed by atoms with E-state index in [1.54, 1.807) is 25.2 Å². The van der Waals surface area contributed by atoms with Crippen LogP contribution in [-0.2, 0) is 13.6 Å². The number of halogens is 2. The van der Waals surface area contributed by atoms with E-state index in [0.29, 0.717) is 6.54 Å². The second-order valence-electron chi connectivity index (χ2n) is 5.75. The Bertz CT molecular complexity index is 689. The lowest BCUT2D eigenvalue weighted by atomic mass is 10.3. The molecular formula is C18H26FIN4O. The van der Waals surface area contributed by atoms with Crippen LogP contribution in [0.4, 0.5) is 4.39 Å². The number of rotatable bonds is 6. The summed E-state index contributed by atoms with van der Waals surface area (Å²) in [7, 11) is 5.74. The van der Waals surface area contributed by atoms with Crippen LogP contribution in [0.2, 0.25) is 0 Å². The van der Waals surface area contributed by atoms with Gasteiger partial charge in [-0.15, -0.1) is 24.0 Å². The molecule has 1 unspecified atom stereocenters. The number of nitrogens with one attached hydrogen (secondary N) is 1. The Balaban J connectivity index is 0.00000312. The van der Waals surface area contributed by atoms with Crippen molar-refractivity contribution in [3.8, 4) is 5.75 Å². The van der Waals surface area contributed by atoms with Gasteiger partial charge in [-0.1, -0.05) is 12.1 Å². The number of hydrogen-bond acceptors (Lipinski definition) is 2. The summed E-state index contributed by atoms with van der Waals surface area (Å²) in [5, 5.41) is 3.26. The molecule has 1 aromatic heterocycles. The Morgan fingerprint density at radius 1 is 1.32 bits per heavy atom. The van der Waals surface area contributed by atoms with E-state index < -0.39 is 0 Å². The Labute approximate surface area is 165 Å². The van der Waals surface area contributed by atoms with Crippen LogP contribution in [0.15, 0.2) is 47.6 Å². The van der Waals surface area contributed by atoms with E-state index in [2.05, 4.69) is 20.9 Å². The summed E-state index contributed by atoms with van der Waals surface area (Å²) in [5.74, 6) is 0.675. The second-order valence-corrected chi connectivity index (χ2v) is 5.75. The van der Waals surface area contributed by atoms with Gasteiger partial charge in [0.1, 0.15) is 6.10 Å². The summed E-state index contributed by atoms with van der Waals surface area (Å²) < 4.78 is 21.3. The molecule has 0 aliphatic carbocycles. The number of nitrogens with zero attached hydrogens (tertiary/aromatic N) is 3. The topological polar surface area (TPSA) is 41.8 Å². The highest BCUT2D eigenvalue weighted by atomic mass is 127. The highest BCUT2D eigenvalue weighted by Gasteiger charge is 2.12. The van der Waals surface area contributed by atoms with Crippen LogP contribution in [0.1, 0.15) is 12.6 Å². The van der Waals surface area contributed by atoms with Gasteiger partial charge in [0.05, 0.1) is 13.1 Å². The molecule has 1 N–H and O–H groups in total. The maximum absolute atomic E-state index is 13.6. The van der Waals surface area contributed by atoms with E-state index in [1.165, 1.54) is 11.8 Å². The van der Waals surface area contributed by atoms with Gasteiger partial charge in [0.15, 0.2) is 17.5 Å². The zero-order chi connectivity index (χ0) is 17.5. The second kappa shape index (κ2) is 10.3. The average molecular weight is 460 g/mol. The van der Waals surface area contributed by atoms with Gasteiger partial charge in [-0.3, -0.25) is 4.99 Å². The van der Waals surface area contributed by atoms with E-state index >= 15 is 0 Å². The molecule has 5 nitrogen and oxygen atoms in total. The van der Waals surface area contributed by atoms with Crippen LogP contribution in [-0.4, -0.2) is 42.2 Å². The summed E-state index contributed by atoms with van der Waals surface area (Å²) in [4.78, 5) is 6.32. The molecule has 0 saturated carbocycles. The Kier molecular flexibility index (Phi) is 8.74. The summed E-state index contributed by atoms with van der Waals surface area (Å²) in [6, 6.07) is 10.5. The number of guanidine groups is 1. The van der Waals surface area contributed by atoms with Gasteiger partial charge in [-0.2, -0.15) is 0 Å². The van der Waals surface area contributed by atoms with Crippen molar-refractivity contribution in [1.82, 2.24) is 14.8 Å². The lowest BCUT2D eigenvalue weighted by molar-refractivity contribution is 0.212. The maximum Gasteiger partial charge on any atom is 0.193 e. The number of aromatic nitrogens is 1. The highest BCUT2D eigenvalue weighted by Crippen LogP contribution is 2.16. The lowest BCUT2D eigenvalue weighted by Gasteiger charge is -2.24. The molecule has 0 amide bonds. The largest absolute Gasteiger partial charge is 0.486 e. The molecule has 1 heterocycles. The fourth-order valence-corrected chi connectivity index (χ4v) is 2.40. The molecule has 0 fully saturated rings. The van der Waals surface area contributed by atoms with Gasteiger partial charge in [-0.05, 0) is 31.2 Å². The predicted molar refractivity (Wildman–Crippen MR) is 110 cm³/mol. The Morgan fingerprint density at radius 3 is 2.64 bits per heavy atom. The minimum Gasteiger partial charge on any atom is -0.486 e. The molecule has 138 valence electrons. The van der Waals surface area contributed by atoms with Gasteiger partial charge < -0.3 is 19.5 Å². The van der Waals surface area contributed by atoms with Crippen molar-refractivity contribution in [2.45, 2.75) is 19.6 Å². The molecule has 0 spiro atoms. The minimum atomic E-state index is -0.352. The first-order valence-corrected chi connectivity index (χ1v) is 7.94. The third kappa shape index (κ3) is 6.22. The normalized spacial score (nSPS) is 12.3. The van der Waals surface area contributed by atoms with Crippen molar-refractivity contribution in [3.63, 3.8) is 0 Å². The van der Waals surface area contributed by atoms with Crippen LogP contribution in [0.5, 0.6) is 5.75 Å². The fourth-order valence-electron chi connectivity index (χ4n) is 2.40. The maximum atomic E-state index is 13.6. The quantitative estimate of drug-likeness (QED) is 0.409. The first-order chi connectivity index (χ1) is 11.5. The molecule has 2 rings (SSSR count). The molecule has 0 radical (unpaired) electrons. The van der Waals surface area contributed by atoms with Crippen molar-refractivity contribution < 1.29 is 9.13 Å². The standard InChI is InChI=1S/C18H25FN4O.HI/c1-14(24-17-10-6-5-9-16(17)19)12-21-18(20-2)23(4)13-15-8-7-11-22(15)3;/h5-11,14H,12-13H2,1-4H3,(H,20,21);1H. The number of aliphatic imine (C=N–C) groups is 1. The van der Waals surface area contributed by atoms with Gasteiger partial charge in [0.2, 0.25) is 0 Å². The van der Waals surface area contributed by atoms with Crippen molar-refractivity contribution >= 4 is 29.9 Å². The zero-order valence-corrected chi connectivity index (χ0v) is 17.4. The number of ether oxygens (including phenoxy) is 1. The fraction of sp³-hybridized carbons (Fsp3) is 0.389. The molecule has 1 atom stereocenters. The molecule has 7 heteroatoms. The van der Waals surface area contributed by atoms with E-state index in [1.807, 2.05) is 38.2 Å². The summed E-state index contributed by atoms with van der Waals surface area (Å²) in [6.07, 6.45) is 1.83. The third-order valence-electron chi connectivity index (χ3n) is 3.74. The van der Waals surface area contributed by atoms with E-state index in [0.717, 1.165) is 12.5 Å². The molecule has 0 aliphatic heterocycles. The molecule has 0 aliphatic rings. The summed E-state index contributed by atoms with van der Waals surface area (Å²) in [6.45, 7) is 3.16. The lowest BCUT2D eigenvalue weighted by Crippen LogP contribution is -2.42. The van der Waals surface area contributed by atoms with Crippen molar-refractivity contribution in [1.29, 1.82) is 0 Å². The van der Waals surface area contributed by atoms with Crippen molar-refractivity contribution in [2.24, 2.45) is 12.0 Å². The predicted octanol–water partition coefficient (Wildman–Crippen LogP) is 3.26. The Hall–Kier alpha value is -1.77. The van der Waals surface area contributed by atoms with E-state index in [4.69, 9.17) is 4.74 Å². The van der Waals surface area contributed by atoms with Crippen LogP contribution in [0.3, 0.4) is 0 Å². The smallest absolute Gasteiger partial charge is 0.193 e. The summed E-state index contributed by atoms with van der Waals surface area (Å²) >= 11 is 0. The first kappa shape index (κ1) is 21.3. The highest BCUT2D eigenvalue weighted by molar-refractivity contribution is 14.0. The molecule has 1 aromatic carbocycles. The molecule has 0 saturated heterocycles. The van der Waals surface area contributed by atoms with Crippen molar-refractivity contribution in [2.75, 3.05) is 20.6 Å². The van der Waals surface area contributed by atoms with Crippen LogP contribution < -0.4 is 10.1 Å². The van der Waals surface area contributed by atoms with Crippen molar-refractivity contribution in [3.05, 3.63) is 54.1 Å². The average Bonchev–Trinajstić information content (AvgIpc) is 2.95. The van der Waals surface area contributed by atoms with Gasteiger partial charge in [0.25, 0.3) is 0 Å². The SMILES string of the molecule is CN=C(NCC(C)Oc1ccccc1F)N(C)Cc1cccn1C.I. The van der Waals surface area contributed by atoms with Gasteiger partial charge >= 0.3 is 0 Å². The molecular weight excluding hydrogens is 434 g/mol. The minimum absolute atomic E-state index is 0. The monoisotopic (exact) mass is 460 g/mol. The number of hydrogen-bond donors (Lipinski definition) is 1. The Morgan fingerprint density at radius 2 is 2.04 bits per heavy atom. The van der Waals surface area contributed by atoms with Crippen LogP contribution >= 0.6 is 24.0 Å². The summed E-state index contributed by atoms with van der Waals surface area (Å²) in [5.41, 5.74) is 1.19. The zero-order valence-electron chi connectivity index (χ0n) is 15.1. The molecule has 0 bridgehead atoms. The number of para-hydroxylation sites is 1. The number of aryl methyl sites for hydroxylation is 1. The van der Waals surface area contributed by atoms with Crippen LogP contribution in [0.25, 0.3) is 0 Å². The third-order valence-corrected chi connectivity index (χ3v) is 3.74. The molecule has 25 heavy (non-hydrogen) atoms. The van der Waals surface area contributed by atoms with Crippen LogP contribution in [0, 0.1) is 5.82 Å². The molecule has 2 aromatic rings. The van der Waals surface area contributed by atoms with E-state index in [9.17, 15) is 4.39 Å². The van der Waals surface area contributed by atoms with Gasteiger partial charge in [-0.25, -0.2) is 4.39 Å². The van der Waals surface area contributed by atoms with Gasteiger partial charge in [0, 0.05) is 33.0 Å². The number of benzene rings is 1. The van der Waals surface area contributed by atoms with E-state index in [-0.39, 0.29) is 41.6 Å².